The second-order valence-corrected chi connectivity index (χ2v) is 4.74. The number of benzene rings is 1. The van der Waals surface area contributed by atoms with Gasteiger partial charge in [-0.15, -0.1) is 6.58 Å². The van der Waals surface area contributed by atoms with Gasteiger partial charge < -0.3 is 16.0 Å². The zero-order valence-electron chi connectivity index (χ0n) is 13.1. The van der Waals surface area contributed by atoms with Crippen LogP contribution in [0.25, 0.3) is 0 Å². The summed E-state index contributed by atoms with van der Waals surface area (Å²) in [7, 11) is 0. The number of imide groups is 1. The number of carbonyl (C=O) groups is 3. The second kappa shape index (κ2) is 9.30. The molecule has 0 bridgehead atoms. The third kappa shape index (κ3) is 7.86. The molecule has 0 heterocycles. The Morgan fingerprint density at radius 3 is 2.44 bits per heavy atom. The van der Waals surface area contributed by atoms with Crippen molar-refractivity contribution in [3.05, 3.63) is 42.5 Å². The summed E-state index contributed by atoms with van der Waals surface area (Å²) in [5.74, 6) is -1.26. The van der Waals surface area contributed by atoms with Crippen molar-refractivity contribution in [2.24, 2.45) is 0 Å². The van der Waals surface area contributed by atoms with Crippen LogP contribution in [-0.2, 0) is 4.79 Å². The monoisotopic (exact) mass is 358 g/mol. The van der Waals surface area contributed by atoms with Gasteiger partial charge in [0.1, 0.15) is 6.54 Å². The molecule has 4 amide bonds. The van der Waals surface area contributed by atoms with Gasteiger partial charge in [-0.2, -0.15) is 13.2 Å². The van der Waals surface area contributed by atoms with Crippen molar-refractivity contribution in [2.45, 2.75) is 6.18 Å². The third-order valence-electron chi connectivity index (χ3n) is 2.72. The highest BCUT2D eigenvalue weighted by Gasteiger charge is 2.27. The minimum absolute atomic E-state index is 0.257. The number of alkyl halides is 3. The normalized spacial score (nSPS) is 10.5. The first kappa shape index (κ1) is 20.0. The number of halogens is 3. The minimum atomic E-state index is -4.57. The lowest BCUT2D eigenvalue weighted by Gasteiger charge is -2.12. The molecule has 0 fully saturated rings. The van der Waals surface area contributed by atoms with Crippen LogP contribution in [-0.4, -0.2) is 43.7 Å². The maximum Gasteiger partial charge on any atom is 0.405 e. The summed E-state index contributed by atoms with van der Waals surface area (Å²) < 4.78 is 35.8. The van der Waals surface area contributed by atoms with Crippen molar-refractivity contribution in [2.75, 3.05) is 25.0 Å². The van der Waals surface area contributed by atoms with Gasteiger partial charge in [-0.25, -0.2) is 4.79 Å². The first-order chi connectivity index (χ1) is 11.7. The average Bonchev–Trinajstić information content (AvgIpc) is 2.55. The first-order valence-electron chi connectivity index (χ1n) is 7.09. The van der Waals surface area contributed by atoms with Crippen LogP contribution in [0.1, 0.15) is 10.4 Å². The predicted octanol–water partition coefficient (Wildman–Crippen LogP) is 1.40. The molecular weight excluding hydrogens is 341 g/mol. The Kier molecular flexibility index (Phi) is 7.44. The fraction of sp³-hybridized carbons (Fsp3) is 0.267. The van der Waals surface area contributed by atoms with Gasteiger partial charge in [-0.1, -0.05) is 18.2 Å². The van der Waals surface area contributed by atoms with Gasteiger partial charge in [0.15, 0.2) is 0 Å². The van der Waals surface area contributed by atoms with Crippen molar-refractivity contribution in [1.29, 1.82) is 0 Å². The molecule has 0 radical (unpaired) electrons. The van der Waals surface area contributed by atoms with Gasteiger partial charge in [-0.3, -0.25) is 14.9 Å². The van der Waals surface area contributed by atoms with Crippen molar-refractivity contribution >= 4 is 23.5 Å². The Balaban J connectivity index is 2.55. The molecule has 4 N–H and O–H groups in total. The molecule has 1 aromatic rings. The zero-order valence-corrected chi connectivity index (χ0v) is 13.1. The average molecular weight is 358 g/mol. The van der Waals surface area contributed by atoms with Gasteiger partial charge in [-0.05, 0) is 12.1 Å². The molecule has 136 valence electrons. The highest BCUT2D eigenvalue weighted by molar-refractivity contribution is 6.01. The highest BCUT2D eigenvalue weighted by Crippen LogP contribution is 2.14. The van der Waals surface area contributed by atoms with Gasteiger partial charge in [0, 0.05) is 12.2 Å². The van der Waals surface area contributed by atoms with Crippen LogP contribution in [0.2, 0.25) is 0 Å². The van der Waals surface area contributed by atoms with Crippen LogP contribution in [0.15, 0.2) is 36.9 Å². The van der Waals surface area contributed by atoms with E-state index in [0.717, 1.165) is 0 Å². The van der Waals surface area contributed by atoms with E-state index in [1.807, 2.05) is 0 Å². The van der Waals surface area contributed by atoms with E-state index >= 15 is 0 Å². The lowest BCUT2D eigenvalue weighted by Crippen LogP contribution is -2.45. The Bertz CT molecular complexity index is 647. The van der Waals surface area contributed by atoms with Gasteiger partial charge in [0.05, 0.1) is 12.1 Å². The van der Waals surface area contributed by atoms with Crippen LogP contribution >= 0.6 is 0 Å². The number of urea groups is 1. The molecule has 0 aliphatic carbocycles. The van der Waals surface area contributed by atoms with E-state index in [1.165, 1.54) is 17.5 Å². The molecule has 0 spiro atoms. The molecule has 0 saturated heterocycles. The molecule has 0 aliphatic rings. The number of hydrogen-bond donors (Lipinski definition) is 4. The number of nitrogens with one attached hydrogen (secondary N) is 4. The number of anilines is 1. The van der Waals surface area contributed by atoms with Crippen LogP contribution in [0.3, 0.4) is 0 Å². The molecule has 0 atom stereocenters. The molecule has 1 aromatic carbocycles. The summed E-state index contributed by atoms with van der Waals surface area (Å²) in [6, 6.07) is 5.05. The van der Waals surface area contributed by atoms with Crippen molar-refractivity contribution in [1.82, 2.24) is 16.0 Å². The molecule has 0 aromatic heterocycles. The summed E-state index contributed by atoms with van der Waals surface area (Å²) in [6.07, 6.45) is -3.07. The summed E-state index contributed by atoms with van der Waals surface area (Å²) >= 11 is 0. The second-order valence-electron chi connectivity index (χ2n) is 4.74. The molecule has 0 unspecified atom stereocenters. The maximum atomic E-state index is 12.0. The molecule has 0 aliphatic heterocycles. The Morgan fingerprint density at radius 1 is 1.12 bits per heavy atom. The van der Waals surface area contributed by atoms with Crippen molar-refractivity contribution in [3.8, 4) is 0 Å². The summed E-state index contributed by atoms with van der Waals surface area (Å²) in [6.45, 7) is 1.77. The number of hydrogen-bond acceptors (Lipinski definition) is 4. The van der Waals surface area contributed by atoms with E-state index < -0.39 is 37.1 Å². The first-order valence-corrected chi connectivity index (χ1v) is 7.09. The topological polar surface area (TPSA) is 99.3 Å². The van der Waals surface area contributed by atoms with E-state index in [2.05, 4.69) is 17.2 Å². The van der Waals surface area contributed by atoms with Crippen molar-refractivity contribution in [3.63, 3.8) is 0 Å². The van der Waals surface area contributed by atoms with E-state index in [4.69, 9.17) is 0 Å². The molecule has 0 saturated carbocycles. The maximum absolute atomic E-state index is 12.0. The Morgan fingerprint density at radius 2 is 1.80 bits per heavy atom. The summed E-state index contributed by atoms with van der Waals surface area (Å²) in [5.41, 5.74) is 0.591. The van der Waals surface area contributed by atoms with Crippen LogP contribution in [0.4, 0.5) is 23.7 Å². The van der Waals surface area contributed by atoms with Crippen LogP contribution in [0, 0.1) is 0 Å². The molecular formula is C15H17F3N4O3. The molecule has 10 heteroatoms. The smallest absolute Gasteiger partial charge is 0.375 e. The van der Waals surface area contributed by atoms with E-state index in [-0.39, 0.29) is 12.1 Å². The Hall–Kier alpha value is -3.04. The van der Waals surface area contributed by atoms with Gasteiger partial charge in [0.2, 0.25) is 5.91 Å². The zero-order chi connectivity index (χ0) is 18.9. The lowest BCUT2D eigenvalue weighted by atomic mass is 10.1. The van der Waals surface area contributed by atoms with E-state index in [1.54, 1.807) is 23.5 Å². The standard InChI is InChI=1S/C15H17F3N4O3/c1-2-7-19-13(24)10-5-3-4-6-11(10)20-8-12(23)22-14(25)21-9-15(16,17)18/h2-6,20H,1,7-9H2,(H,19,24)(H2,21,22,23,25). The molecule has 7 nitrogen and oxygen atoms in total. The van der Waals surface area contributed by atoms with Crippen LogP contribution < -0.4 is 21.3 Å². The minimum Gasteiger partial charge on any atom is -0.375 e. The quantitative estimate of drug-likeness (QED) is 0.554. The summed E-state index contributed by atoms with van der Waals surface area (Å²) in [4.78, 5) is 34.7. The van der Waals surface area contributed by atoms with Crippen molar-refractivity contribution < 1.29 is 27.6 Å². The fourth-order valence-electron chi connectivity index (χ4n) is 1.67. The number of rotatable bonds is 7. The number of carbonyl (C=O) groups excluding carboxylic acids is 3. The fourth-order valence-corrected chi connectivity index (χ4v) is 1.67. The number of para-hydroxylation sites is 1. The predicted molar refractivity (Wildman–Crippen MR) is 85.1 cm³/mol. The summed E-state index contributed by atoms with van der Waals surface area (Å²) in [5, 5.41) is 8.47. The highest BCUT2D eigenvalue weighted by atomic mass is 19.4. The molecule has 1 rings (SSSR count). The van der Waals surface area contributed by atoms with Gasteiger partial charge in [0.25, 0.3) is 5.91 Å². The molecule has 25 heavy (non-hydrogen) atoms. The lowest BCUT2D eigenvalue weighted by molar-refractivity contribution is -0.124. The van der Waals surface area contributed by atoms with E-state index in [9.17, 15) is 27.6 Å². The van der Waals surface area contributed by atoms with Gasteiger partial charge >= 0.3 is 12.2 Å². The van der Waals surface area contributed by atoms with E-state index in [0.29, 0.717) is 5.69 Å². The Labute approximate surface area is 141 Å². The third-order valence-corrected chi connectivity index (χ3v) is 2.72. The number of amides is 4. The van der Waals surface area contributed by atoms with Crippen LogP contribution in [0.5, 0.6) is 0 Å². The largest absolute Gasteiger partial charge is 0.405 e. The SMILES string of the molecule is C=CCNC(=O)c1ccccc1NCC(=O)NC(=O)NCC(F)(F)F.